The lowest BCUT2D eigenvalue weighted by Gasteiger charge is -2.21. The molecule has 0 aliphatic rings. The van der Waals surface area contributed by atoms with Gasteiger partial charge in [-0.3, -0.25) is 5.10 Å². The van der Waals surface area contributed by atoms with E-state index < -0.39 is 17.1 Å². The Hall–Kier alpha value is -2.70. The topological polar surface area (TPSA) is 63.9 Å². The van der Waals surface area contributed by atoms with Crippen LogP contribution < -0.4 is 14.0 Å². The molecule has 26 heavy (non-hydrogen) atoms. The first-order valence-corrected chi connectivity index (χ1v) is 8.47. The van der Waals surface area contributed by atoms with E-state index in [1.807, 2.05) is 41.5 Å². The van der Waals surface area contributed by atoms with Crippen molar-refractivity contribution in [3.63, 3.8) is 0 Å². The fourth-order valence-electron chi connectivity index (χ4n) is 2.46. The zero-order valence-electron chi connectivity index (χ0n) is 15.9. The number of nitrogens with one attached hydrogen (secondary N) is 1. The van der Waals surface area contributed by atoms with E-state index in [2.05, 4.69) is 15.2 Å². The quantitative estimate of drug-likeness (QED) is 0.572. The molecule has 0 spiro atoms. The van der Waals surface area contributed by atoms with Crippen molar-refractivity contribution >= 4 is 10.9 Å². The molecular formula is C19H24FN4O2+. The maximum Gasteiger partial charge on any atom is 0.340 e. The monoisotopic (exact) mass is 359 g/mol. The van der Waals surface area contributed by atoms with Crippen LogP contribution in [0, 0.1) is 5.95 Å². The number of aromatic nitrogens is 4. The lowest BCUT2D eigenvalue weighted by Crippen LogP contribution is -2.41. The van der Waals surface area contributed by atoms with Crippen molar-refractivity contribution in [2.24, 2.45) is 0 Å². The van der Waals surface area contributed by atoms with E-state index in [4.69, 9.17) is 9.47 Å². The van der Waals surface area contributed by atoms with Gasteiger partial charge in [0, 0.05) is 12.1 Å². The van der Waals surface area contributed by atoms with Gasteiger partial charge in [-0.15, -0.1) is 4.57 Å². The minimum atomic E-state index is -0.488. The van der Waals surface area contributed by atoms with Gasteiger partial charge in [0.15, 0.2) is 0 Å². The van der Waals surface area contributed by atoms with Crippen molar-refractivity contribution in [2.75, 3.05) is 0 Å². The summed E-state index contributed by atoms with van der Waals surface area (Å²) in [5.74, 6) is 0.597. The van der Waals surface area contributed by atoms with Gasteiger partial charge in [-0.05, 0) is 52.6 Å². The molecule has 0 aromatic carbocycles. The van der Waals surface area contributed by atoms with E-state index in [1.165, 1.54) is 10.6 Å². The lowest BCUT2D eigenvalue weighted by atomic mass is 10.2. The van der Waals surface area contributed by atoms with Crippen LogP contribution in [0.15, 0.2) is 30.5 Å². The first kappa shape index (κ1) is 18.1. The van der Waals surface area contributed by atoms with Crippen LogP contribution >= 0.6 is 0 Å². The van der Waals surface area contributed by atoms with E-state index >= 15 is 0 Å². The highest BCUT2D eigenvalue weighted by Gasteiger charge is 2.28. The van der Waals surface area contributed by atoms with Crippen LogP contribution in [0.25, 0.3) is 16.7 Å². The summed E-state index contributed by atoms with van der Waals surface area (Å²) < 4.78 is 27.9. The Morgan fingerprint density at radius 1 is 1.04 bits per heavy atom. The smallest absolute Gasteiger partial charge is 0.340 e. The highest BCUT2D eigenvalue weighted by atomic mass is 19.1. The Bertz CT molecular complexity index is 939. The molecular weight excluding hydrogens is 335 g/mol. The van der Waals surface area contributed by atoms with Crippen LogP contribution in [0.4, 0.5) is 4.39 Å². The Balaban J connectivity index is 2.20. The molecule has 0 saturated heterocycles. The van der Waals surface area contributed by atoms with E-state index in [-0.39, 0.29) is 0 Å². The second kappa shape index (κ2) is 6.23. The fourth-order valence-corrected chi connectivity index (χ4v) is 2.46. The molecule has 3 aromatic heterocycles. The molecule has 7 heteroatoms. The molecule has 1 N–H and O–H groups in total. The molecule has 0 aliphatic heterocycles. The summed E-state index contributed by atoms with van der Waals surface area (Å²) in [4.78, 5) is 4.54. The summed E-state index contributed by atoms with van der Waals surface area (Å²) in [7, 11) is 0. The summed E-state index contributed by atoms with van der Waals surface area (Å²) in [6.07, 6.45) is 1.64. The van der Waals surface area contributed by atoms with Crippen molar-refractivity contribution in [1.82, 2.24) is 15.2 Å². The third-order valence-corrected chi connectivity index (χ3v) is 3.34. The molecule has 0 radical (unpaired) electrons. The van der Waals surface area contributed by atoms with Crippen molar-refractivity contribution in [1.29, 1.82) is 0 Å². The average molecular weight is 359 g/mol. The first-order chi connectivity index (χ1) is 12.0. The van der Waals surface area contributed by atoms with E-state index in [9.17, 15) is 4.39 Å². The van der Waals surface area contributed by atoms with Crippen LogP contribution in [0.5, 0.6) is 11.8 Å². The minimum Gasteiger partial charge on any atom is -0.456 e. The van der Waals surface area contributed by atoms with E-state index in [1.54, 1.807) is 24.4 Å². The van der Waals surface area contributed by atoms with E-state index in [0.29, 0.717) is 23.1 Å². The maximum atomic E-state index is 14.7. The number of hydrogen-bond acceptors (Lipinski definition) is 4. The maximum absolute atomic E-state index is 14.7. The predicted molar refractivity (Wildman–Crippen MR) is 96.1 cm³/mol. The van der Waals surface area contributed by atoms with Crippen molar-refractivity contribution in [2.45, 2.75) is 52.7 Å². The zero-order valence-corrected chi connectivity index (χ0v) is 15.9. The molecule has 0 bridgehead atoms. The molecule has 6 nitrogen and oxygen atoms in total. The number of ether oxygens (including phenoxy) is 2. The predicted octanol–water partition coefficient (Wildman–Crippen LogP) is 3.73. The Morgan fingerprint density at radius 3 is 2.38 bits per heavy atom. The number of halogens is 1. The van der Waals surface area contributed by atoms with Gasteiger partial charge in [0.05, 0.1) is 17.8 Å². The number of aromatic amines is 1. The van der Waals surface area contributed by atoms with Gasteiger partial charge < -0.3 is 9.47 Å². The molecule has 0 amide bonds. The Morgan fingerprint density at radius 2 is 1.73 bits per heavy atom. The van der Waals surface area contributed by atoms with Crippen LogP contribution in [-0.4, -0.2) is 26.4 Å². The fraction of sp³-hybridized carbons (Fsp3) is 0.421. The highest BCUT2D eigenvalue weighted by molar-refractivity contribution is 5.83. The van der Waals surface area contributed by atoms with Crippen LogP contribution in [-0.2, 0) is 0 Å². The van der Waals surface area contributed by atoms with Crippen LogP contribution in [0.3, 0.4) is 0 Å². The highest BCUT2D eigenvalue weighted by Crippen LogP contribution is 2.27. The molecule has 0 aliphatic carbocycles. The number of pyridine rings is 2. The number of H-pyrrole nitrogens is 1. The van der Waals surface area contributed by atoms with Crippen LogP contribution in [0.1, 0.15) is 41.5 Å². The summed E-state index contributed by atoms with van der Waals surface area (Å²) in [5.41, 5.74) is -0.245. The largest absolute Gasteiger partial charge is 0.456 e. The normalized spacial score (nSPS) is 12.4. The first-order valence-electron chi connectivity index (χ1n) is 8.47. The third kappa shape index (κ3) is 3.92. The number of hydrogen-bond donors (Lipinski definition) is 1. The van der Waals surface area contributed by atoms with Gasteiger partial charge >= 0.3 is 11.7 Å². The minimum absolute atomic E-state index is 0.346. The Kier molecular flexibility index (Phi) is 4.34. The number of fused-ring (bicyclic) bond motifs is 1. The summed E-state index contributed by atoms with van der Waals surface area (Å²) in [5, 5.41) is 7.68. The van der Waals surface area contributed by atoms with E-state index in [0.717, 1.165) is 5.39 Å². The summed E-state index contributed by atoms with van der Waals surface area (Å²) in [6.45, 7) is 11.5. The standard InChI is InChI=1S/C19H24FN4O2/c1-18(2,3)25-16-9-7-8-14(20)24(16)15-10-13-12(11-21-23-13)17(22-15)26-19(4,5)6/h7-11H,1-6H3,(H,21,23)/q+1. The van der Waals surface area contributed by atoms with Gasteiger partial charge in [-0.25, -0.2) is 0 Å². The molecule has 0 unspecified atom stereocenters. The molecule has 3 aromatic rings. The zero-order chi connectivity index (χ0) is 19.1. The summed E-state index contributed by atoms with van der Waals surface area (Å²) in [6, 6.07) is 6.39. The second-order valence-electron chi connectivity index (χ2n) is 8.07. The molecule has 0 atom stereocenters. The van der Waals surface area contributed by atoms with Gasteiger partial charge in [0.25, 0.3) is 11.8 Å². The molecule has 3 heterocycles. The van der Waals surface area contributed by atoms with Gasteiger partial charge in [-0.1, -0.05) is 0 Å². The molecule has 0 saturated carbocycles. The van der Waals surface area contributed by atoms with Crippen molar-refractivity contribution in [3.8, 4) is 17.6 Å². The lowest BCUT2D eigenvalue weighted by molar-refractivity contribution is -0.639. The molecule has 3 rings (SSSR count). The molecule has 138 valence electrons. The second-order valence-corrected chi connectivity index (χ2v) is 8.07. The SMILES string of the molecule is CC(C)(C)Oc1nc(-[n+]2c(F)cccc2OC(C)(C)C)cc2[nH]ncc12. The average Bonchev–Trinajstić information content (AvgIpc) is 2.92. The van der Waals surface area contributed by atoms with Crippen molar-refractivity contribution < 1.29 is 18.4 Å². The van der Waals surface area contributed by atoms with Crippen LogP contribution in [0.2, 0.25) is 0 Å². The number of nitrogens with zero attached hydrogens (tertiary/aromatic N) is 3. The molecule has 0 fully saturated rings. The van der Waals surface area contributed by atoms with Gasteiger partial charge in [-0.2, -0.15) is 9.49 Å². The van der Waals surface area contributed by atoms with Gasteiger partial charge in [0.2, 0.25) is 0 Å². The third-order valence-electron chi connectivity index (χ3n) is 3.34. The van der Waals surface area contributed by atoms with Crippen molar-refractivity contribution in [3.05, 3.63) is 36.4 Å². The van der Waals surface area contributed by atoms with Gasteiger partial charge in [0.1, 0.15) is 16.6 Å². The summed E-state index contributed by atoms with van der Waals surface area (Å²) >= 11 is 0. The number of rotatable bonds is 3. The Labute approximate surface area is 152 Å².